The Morgan fingerprint density at radius 3 is 2.32 bits per heavy atom. The number of Topliss-reactive ketones (excluding diaryl/α,β-unsaturated/α-hetero) is 1. The van der Waals surface area contributed by atoms with Gasteiger partial charge in [-0.25, -0.2) is 0 Å². The number of hydrogen-bond acceptors (Lipinski definition) is 2. The second-order valence-corrected chi connectivity index (χ2v) is 6.79. The van der Waals surface area contributed by atoms with E-state index in [2.05, 4.69) is 43.2 Å². The lowest BCUT2D eigenvalue weighted by molar-refractivity contribution is 0.0930. The predicted molar refractivity (Wildman–Crippen MR) is 92.8 cm³/mol. The van der Waals surface area contributed by atoms with Crippen LogP contribution in [0.4, 0.5) is 0 Å². The molecule has 1 aliphatic rings. The Kier molecular flexibility index (Phi) is 6.25. The molecule has 0 aromatic carbocycles. The third kappa shape index (κ3) is 3.81. The van der Waals surface area contributed by atoms with Gasteiger partial charge < -0.3 is 4.57 Å². The normalized spacial score (nSPS) is 15.9. The molecular formula is C19H32N2O. The van der Waals surface area contributed by atoms with E-state index in [1.807, 2.05) is 0 Å². The van der Waals surface area contributed by atoms with Gasteiger partial charge in [0.1, 0.15) is 0 Å². The van der Waals surface area contributed by atoms with Gasteiger partial charge in [-0.15, -0.1) is 0 Å². The summed E-state index contributed by atoms with van der Waals surface area (Å²) in [6.45, 7) is 11.2. The number of nitrogens with zero attached hydrogens (tertiary/aromatic N) is 2. The van der Waals surface area contributed by atoms with Crippen molar-refractivity contribution in [1.82, 2.24) is 9.47 Å². The summed E-state index contributed by atoms with van der Waals surface area (Å²) >= 11 is 0. The monoisotopic (exact) mass is 304 g/mol. The average Bonchev–Trinajstić information content (AvgIpc) is 3.07. The van der Waals surface area contributed by atoms with E-state index in [1.165, 1.54) is 37.1 Å². The Balaban J connectivity index is 2.14. The van der Waals surface area contributed by atoms with Crippen molar-refractivity contribution >= 4 is 5.78 Å². The molecule has 3 heteroatoms. The van der Waals surface area contributed by atoms with Gasteiger partial charge in [0, 0.05) is 23.0 Å². The highest BCUT2D eigenvalue weighted by Crippen LogP contribution is 2.33. The van der Waals surface area contributed by atoms with Crippen molar-refractivity contribution in [2.75, 3.05) is 19.6 Å². The molecule has 0 spiro atoms. The Bertz CT molecular complexity index is 492. The minimum absolute atomic E-state index is 0.291. The molecule has 1 aromatic heterocycles. The fraction of sp³-hybridized carbons (Fsp3) is 0.737. The van der Waals surface area contributed by atoms with Gasteiger partial charge in [-0.1, -0.05) is 26.7 Å². The molecule has 1 saturated carbocycles. The average molecular weight is 304 g/mol. The van der Waals surface area contributed by atoms with Crippen molar-refractivity contribution in [3.63, 3.8) is 0 Å². The molecule has 0 saturated heterocycles. The predicted octanol–water partition coefficient (Wildman–Crippen LogP) is 4.52. The quantitative estimate of drug-likeness (QED) is 0.660. The standard InChI is InChI=1S/C19H32N2O/c1-5-11-20(12-6-2)14-19(22)18-13-15(3)21(16(18)4)17-9-7-8-10-17/h13,17H,5-12,14H2,1-4H3. The van der Waals surface area contributed by atoms with Crippen molar-refractivity contribution in [3.05, 3.63) is 23.0 Å². The minimum atomic E-state index is 0.291. The molecule has 3 nitrogen and oxygen atoms in total. The summed E-state index contributed by atoms with van der Waals surface area (Å²) in [7, 11) is 0. The fourth-order valence-electron chi connectivity index (χ4n) is 3.97. The van der Waals surface area contributed by atoms with Crippen LogP contribution in [0, 0.1) is 13.8 Å². The van der Waals surface area contributed by atoms with E-state index in [0.29, 0.717) is 18.4 Å². The SMILES string of the molecule is CCCN(CCC)CC(=O)c1cc(C)n(C2CCCC2)c1C. The molecule has 1 fully saturated rings. The van der Waals surface area contributed by atoms with Crippen LogP contribution >= 0.6 is 0 Å². The van der Waals surface area contributed by atoms with Gasteiger partial charge in [-0.2, -0.15) is 0 Å². The maximum Gasteiger partial charge on any atom is 0.178 e. The first-order valence-corrected chi connectivity index (χ1v) is 9.02. The molecule has 22 heavy (non-hydrogen) atoms. The van der Waals surface area contributed by atoms with Gasteiger partial charge in [0.05, 0.1) is 6.54 Å². The minimum Gasteiger partial charge on any atom is -0.345 e. The van der Waals surface area contributed by atoms with Crippen molar-refractivity contribution in [3.8, 4) is 0 Å². The van der Waals surface area contributed by atoms with Crippen LogP contribution in [0.25, 0.3) is 0 Å². The highest BCUT2D eigenvalue weighted by molar-refractivity contribution is 5.99. The lowest BCUT2D eigenvalue weighted by Gasteiger charge is -2.20. The Morgan fingerprint density at radius 2 is 1.77 bits per heavy atom. The first kappa shape index (κ1) is 17.3. The maximum atomic E-state index is 12.8. The van der Waals surface area contributed by atoms with Gasteiger partial charge in [0.15, 0.2) is 5.78 Å². The summed E-state index contributed by atoms with van der Waals surface area (Å²) in [4.78, 5) is 15.0. The maximum absolute atomic E-state index is 12.8. The number of carbonyl (C=O) groups excluding carboxylic acids is 1. The molecule has 0 N–H and O–H groups in total. The third-order valence-electron chi connectivity index (χ3n) is 4.92. The summed E-state index contributed by atoms with van der Waals surface area (Å²) in [6.07, 6.45) is 7.39. The zero-order chi connectivity index (χ0) is 16.1. The zero-order valence-electron chi connectivity index (χ0n) is 14.8. The molecule has 0 unspecified atom stereocenters. The van der Waals surface area contributed by atoms with Crippen LogP contribution in [-0.2, 0) is 0 Å². The number of aryl methyl sites for hydroxylation is 1. The highest BCUT2D eigenvalue weighted by Gasteiger charge is 2.24. The smallest absolute Gasteiger partial charge is 0.178 e. The Morgan fingerprint density at radius 1 is 1.18 bits per heavy atom. The Labute approximate surface area is 135 Å². The molecule has 0 aliphatic heterocycles. The van der Waals surface area contributed by atoms with E-state index in [1.54, 1.807) is 0 Å². The molecule has 124 valence electrons. The largest absolute Gasteiger partial charge is 0.345 e. The molecule has 1 heterocycles. The molecular weight excluding hydrogens is 272 g/mol. The van der Waals surface area contributed by atoms with E-state index in [0.717, 1.165) is 31.5 Å². The lowest BCUT2D eigenvalue weighted by Crippen LogP contribution is -2.31. The van der Waals surface area contributed by atoms with Crippen molar-refractivity contribution in [2.24, 2.45) is 0 Å². The zero-order valence-corrected chi connectivity index (χ0v) is 14.8. The number of hydrogen-bond donors (Lipinski definition) is 0. The van der Waals surface area contributed by atoms with Gasteiger partial charge in [-0.3, -0.25) is 9.69 Å². The van der Waals surface area contributed by atoms with Crippen molar-refractivity contribution in [1.29, 1.82) is 0 Å². The van der Waals surface area contributed by atoms with E-state index >= 15 is 0 Å². The van der Waals surface area contributed by atoms with E-state index in [9.17, 15) is 4.79 Å². The van der Waals surface area contributed by atoms with Crippen LogP contribution in [0.3, 0.4) is 0 Å². The summed E-state index contributed by atoms with van der Waals surface area (Å²) in [6, 6.07) is 2.73. The van der Waals surface area contributed by atoms with Crippen LogP contribution in [0.15, 0.2) is 6.07 Å². The van der Waals surface area contributed by atoms with Crippen LogP contribution in [0.1, 0.15) is 80.2 Å². The molecule has 1 aliphatic carbocycles. The lowest BCUT2D eigenvalue weighted by atomic mass is 10.1. The second-order valence-electron chi connectivity index (χ2n) is 6.79. The summed E-state index contributed by atoms with van der Waals surface area (Å²) in [5.74, 6) is 0.291. The van der Waals surface area contributed by atoms with Crippen LogP contribution in [0.2, 0.25) is 0 Å². The third-order valence-corrected chi connectivity index (χ3v) is 4.92. The number of rotatable bonds is 8. The summed E-state index contributed by atoms with van der Waals surface area (Å²) < 4.78 is 2.42. The number of aromatic nitrogens is 1. The highest BCUT2D eigenvalue weighted by atomic mass is 16.1. The number of carbonyl (C=O) groups is 1. The van der Waals surface area contributed by atoms with Gasteiger partial charge in [0.2, 0.25) is 0 Å². The molecule has 0 bridgehead atoms. The van der Waals surface area contributed by atoms with E-state index < -0.39 is 0 Å². The molecule has 2 rings (SSSR count). The second kappa shape index (κ2) is 7.96. The molecule has 1 aromatic rings. The van der Waals surface area contributed by atoms with Crippen LogP contribution in [-0.4, -0.2) is 34.9 Å². The molecule has 0 amide bonds. The Hall–Kier alpha value is -1.09. The summed E-state index contributed by atoms with van der Waals surface area (Å²) in [5, 5.41) is 0. The number of ketones is 1. The van der Waals surface area contributed by atoms with Crippen molar-refractivity contribution in [2.45, 2.75) is 72.3 Å². The first-order valence-electron chi connectivity index (χ1n) is 9.02. The van der Waals surface area contributed by atoms with Crippen LogP contribution < -0.4 is 0 Å². The van der Waals surface area contributed by atoms with Gasteiger partial charge >= 0.3 is 0 Å². The van der Waals surface area contributed by atoms with E-state index in [4.69, 9.17) is 0 Å². The summed E-state index contributed by atoms with van der Waals surface area (Å²) in [5.41, 5.74) is 3.38. The molecule has 0 radical (unpaired) electrons. The van der Waals surface area contributed by atoms with E-state index in [-0.39, 0.29) is 0 Å². The fourth-order valence-corrected chi connectivity index (χ4v) is 3.97. The molecule has 0 atom stereocenters. The topological polar surface area (TPSA) is 25.2 Å². The van der Waals surface area contributed by atoms with Crippen molar-refractivity contribution < 1.29 is 4.79 Å². The van der Waals surface area contributed by atoms with Gasteiger partial charge in [0.25, 0.3) is 0 Å². The van der Waals surface area contributed by atoms with Crippen LogP contribution in [0.5, 0.6) is 0 Å². The first-order chi connectivity index (χ1) is 10.6. The van der Waals surface area contributed by atoms with Gasteiger partial charge in [-0.05, 0) is 58.7 Å².